The zero-order chi connectivity index (χ0) is 20.8. The molecule has 0 radical (unpaired) electrons. The molecule has 29 heavy (non-hydrogen) atoms. The molecule has 2 aromatic carbocycles. The maximum atomic E-state index is 12.0. The Bertz CT molecular complexity index is 976. The Labute approximate surface area is 180 Å². The van der Waals surface area contributed by atoms with Crippen molar-refractivity contribution >= 4 is 29.4 Å². The van der Waals surface area contributed by atoms with Gasteiger partial charge in [0.1, 0.15) is 0 Å². The van der Waals surface area contributed by atoms with Gasteiger partial charge in [-0.1, -0.05) is 59.8 Å². The molecule has 0 saturated carbocycles. The lowest BCUT2D eigenvalue weighted by Crippen LogP contribution is -2.37. The fourth-order valence-electron chi connectivity index (χ4n) is 2.90. The van der Waals surface area contributed by atoms with Gasteiger partial charge in [-0.25, -0.2) is 4.79 Å². The number of rotatable bonds is 7. The van der Waals surface area contributed by atoms with E-state index in [4.69, 9.17) is 11.6 Å². The van der Waals surface area contributed by atoms with Gasteiger partial charge in [-0.2, -0.15) is 0 Å². The van der Waals surface area contributed by atoms with Crippen molar-refractivity contribution in [3.63, 3.8) is 0 Å². The average molecular weight is 430 g/mol. The molecule has 0 fully saturated rings. The van der Waals surface area contributed by atoms with E-state index in [2.05, 4.69) is 33.0 Å². The highest BCUT2D eigenvalue weighted by atomic mass is 35.5. The van der Waals surface area contributed by atoms with Crippen molar-refractivity contribution in [2.45, 2.75) is 37.7 Å². The molecular formula is C21H24ClN5OS. The number of nitrogens with one attached hydrogen (secondary N) is 2. The summed E-state index contributed by atoms with van der Waals surface area (Å²) in [6, 6.07) is 15.4. The molecule has 0 bridgehead atoms. The molecule has 152 valence electrons. The number of aryl methyl sites for hydroxylation is 1. The Kier molecular flexibility index (Phi) is 7.17. The monoisotopic (exact) mass is 429 g/mol. The fourth-order valence-corrected chi connectivity index (χ4v) is 3.97. The number of aromatic nitrogens is 3. The summed E-state index contributed by atoms with van der Waals surface area (Å²) in [6.45, 7) is 6.33. The van der Waals surface area contributed by atoms with Crippen molar-refractivity contribution in [2.75, 3.05) is 6.54 Å². The van der Waals surface area contributed by atoms with E-state index in [9.17, 15) is 4.79 Å². The summed E-state index contributed by atoms with van der Waals surface area (Å²) < 4.78 is 1.98. The molecule has 0 spiro atoms. The van der Waals surface area contributed by atoms with Gasteiger partial charge in [0.05, 0.1) is 11.7 Å². The van der Waals surface area contributed by atoms with Crippen LogP contribution in [0.5, 0.6) is 0 Å². The van der Waals surface area contributed by atoms with Gasteiger partial charge in [0.2, 0.25) is 0 Å². The molecule has 3 rings (SSSR count). The van der Waals surface area contributed by atoms with Crippen LogP contribution in [0.4, 0.5) is 4.79 Å². The SMILES string of the molecule is CCNC(=O)NC(C)c1nnc(SCc2ccccc2)n1-c1cc(Cl)ccc1C. The molecule has 0 aliphatic carbocycles. The van der Waals surface area contributed by atoms with E-state index in [1.54, 1.807) is 11.8 Å². The average Bonchev–Trinajstić information content (AvgIpc) is 3.13. The van der Waals surface area contributed by atoms with Gasteiger partial charge < -0.3 is 10.6 Å². The highest BCUT2D eigenvalue weighted by Crippen LogP contribution is 2.30. The predicted octanol–water partition coefficient (Wildman–Crippen LogP) is 4.90. The molecule has 0 aliphatic rings. The van der Waals surface area contributed by atoms with Crippen LogP contribution >= 0.6 is 23.4 Å². The van der Waals surface area contributed by atoms with Gasteiger partial charge >= 0.3 is 6.03 Å². The van der Waals surface area contributed by atoms with E-state index in [1.807, 2.05) is 61.7 Å². The van der Waals surface area contributed by atoms with E-state index < -0.39 is 0 Å². The van der Waals surface area contributed by atoms with Crippen molar-refractivity contribution in [2.24, 2.45) is 0 Å². The van der Waals surface area contributed by atoms with Gasteiger partial charge in [0.15, 0.2) is 11.0 Å². The zero-order valence-electron chi connectivity index (χ0n) is 16.6. The first kappa shape index (κ1) is 21.2. The molecule has 1 unspecified atom stereocenters. The highest BCUT2D eigenvalue weighted by Gasteiger charge is 2.22. The molecule has 2 amide bonds. The quantitative estimate of drug-likeness (QED) is 0.524. The molecule has 3 aromatic rings. The van der Waals surface area contributed by atoms with Crippen molar-refractivity contribution in [1.29, 1.82) is 0 Å². The Morgan fingerprint density at radius 1 is 1.21 bits per heavy atom. The van der Waals surface area contributed by atoms with E-state index in [0.29, 0.717) is 17.4 Å². The molecule has 8 heteroatoms. The summed E-state index contributed by atoms with van der Waals surface area (Å²) >= 11 is 7.87. The minimum absolute atomic E-state index is 0.240. The number of amides is 2. The molecule has 2 N–H and O–H groups in total. The number of nitrogens with zero attached hydrogens (tertiary/aromatic N) is 3. The lowest BCUT2D eigenvalue weighted by molar-refractivity contribution is 0.238. The van der Waals surface area contributed by atoms with Crippen LogP contribution in [-0.2, 0) is 5.75 Å². The second-order valence-electron chi connectivity index (χ2n) is 6.61. The minimum atomic E-state index is -0.335. The number of benzene rings is 2. The lowest BCUT2D eigenvalue weighted by atomic mass is 10.2. The molecule has 1 atom stereocenters. The third-order valence-corrected chi connectivity index (χ3v) is 5.59. The van der Waals surface area contributed by atoms with Gasteiger partial charge in [-0.15, -0.1) is 10.2 Å². The molecule has 0 aliphatic heterocycles. The van der Waals surface area contributed by atoms with Crippen LogP contribution < -0.4 is 10.6 Å². The number of hydrogen-bond acceptors (Lipinski definition) is 4. The third kappa shape index (κ3) is 5.31. The second-order valence-corrected chi connectivity index (χ2v) is 7.99. The van der Waals surface area contributed by atoms with Gasteiger partial charge in [0, 0.05) is 17.3 Å². The topological polar surface area (TPSA) is 71.8 Å². The summed E-state index contributed by atoms with van der Waals surface area (Å²) in [7, 11) is 0. The van der Waals surface area contributed by atoms with Gasteiger partial charge in [-0.05, 0) is 44.0 Å². The Balaban J connectivity index is 1.97. The number of halogens is 1. The van der Waals surface area contributed by atoms with E-state index in [0.717, 1.165) is 22.2 Å². The Morgan fingerprint density at radius 2 is 1.97 bits per heavy atom. The number of hydrogen-bond donors (Lipinski definition) is 2. The van der Waals surface area contributed by atoms with E-state index in [1.165, 1.54) is 5.56 Å². The number of carbonyl (C=O) groups excluding carboxylic acids is 1. The molecular weight excluding hydrogens is 406 g/mol. The van der Waals surface area contributed by atoms with Crippen molar-refractivity contribution < 1.29 is 4.79 Å². The zero-order valence-corrected chi connectivity index (χ0v) is 18.2. The molecule has 6 nitrogen and oxygen atoms in total. The number of carbonyl (C=O) groups is 1. The summed E-state index contributed by atoms with van der Waals surface area (Å²) in [6.07, 6.45) is 0. The first-order chi connectivity index (χ1) is 14.0. The summed E-state index contributed by atoms with van der Waals surface area (Å²) in [5, 5.41) is 15.8. The minimum Gasteiger partial charge on any atom is -0.338 e. The third-order valence-electron chi connectivity index (χ3n) is 4.35. The van der Waals surface area contributed by atoms with Gasteiger partial charge in [0.25, 0.3) is 0 Å². The van der Waals surface area contributed by atoms with E-state index >= 15 is 0 Å². The van der Waals surface area contributed by atoms with E-state index in [-0.39, 0.29) is 12.1 Å². The lowest BCUT2D eigenvalue weighted by Gasteiger charge is -2.18. The van der Waals surface area contributed by atoms with Crippen molar-refractivity contribution in [1.82, 2.24) is 25.4 Å². The normalized spacial score (nSPS) is 11.9. The van der Waals surface area contributed by atoms with Crippen LogP contribution in [0, 0.1) is 6.92 Å². The van der Waals surface area contributed by atoms with Crippen LogP contribution in [-0.4, -0.2) is 27.3 Å². The standard InChI is InChI=1S/C21H24ClN5OS/c1-4-23-20(28)24-15(3)19-25-26-21(29-13-16-8-6-5-7-9-16)27(19)18-12-17(22)11-10-14(18)2/h5-12,15H,4,13H2,1-3H3,(H2,23,24,28). The highest BCUT2D eigenvalue weighted by molar-refractivity contribution is 7.98. The van der Waals surface area contributed by atoms with Crippen LogP contribution in [0.15, 0.2) is 53.7 Å². The van der Waals surface area contributed by atoms with Crippen LogP contribution in [0.2, 0.25) is 5.02 Å². The second kappa shape index (κ2) is 9.80. The Morgan fingerprint density at radius 3 is 2.69 bits per heavy atom. The smallest absolute Gasteiger partial charge is 0.315 e. The van der Waals surface area contributed by atoms with Crippen LogP contribution in [0.3, 0.4) is 0 Å². The van der Waals surface area contributed by atoms with Crippen molar-refractivity contribution in [3.8, 4) is 5.69 Å². The summed E-state index contributed by atoms with van der Waals surface area (Å²) in [5.41, 5.74) is 3.14. The van der Waals surface area contributed by atoms with Crippen molar-refractivity contribution in [3.05, 3.63) is 70.5 Å². The number of urea groups is 1. The largest absolute Gasteiger partial charge is 0.338 e. The molecule has 1 aromatic heterocycles. The maximum absolute atomic E-state index is 12.0. The first-order valence-corrected chi connectivity index (χ1v) is 10.8. The van der Waals surface area contributed by atoms with Crippen LogP contribution in [0.25, 0.3) is 5.69 Å². The molecule has 1 heterocycles. The Hall–Kier alpha value is -2.51. The fraction of sp³-hybridized carbons (Fsp3) is 0.286. The maximum Gasteiger partial charge on any atom is 0.315 e. The van der Waals surface area contributed by atoms with Gasteiger partial charge in [-0.3, -0.25) is 4.57 Å². The first-order valence-electron chi connectivity index (χ1n) is 9.42. The predicted molar refractivity (Wildman–Crippen MR) is 118 cm³/mol. The summed E-state index contributed by atoms with van der Waals surface area (Å²) in [5.74, 6) is 1.41. The summed E-state index contributed by atoms with van der Waals surface area (Å²) in [4.78, 5) is 12.0. The molecule has 0 saturated heterocycles. The number of thioether (sulfide) groups is 1. The van der Waals surface area contributed by atoms with Crippen LogP contribution in [0.1, 0.15) is 36.8 Å².